The molecule has 19 heavy (non-hydrogen) atoms. The van der Waals surface area contributed by atoms with E-state index in [0.717, 1.165) is 17.1 Å². The van der Waals surface area contributed by atoms with Crippen LogP contribution >= 0.6 is 11.3 Å². The van der Waals surface area contributed by atoms with Gasteiger partial charge < -0.3 is 14.8 Å². The van der Waals surface area contributed by atoms with Crippen molar-refractivity contribution in [2.45, 2.75) is 13.0 Å². The molecule has 0 fully saturated rings. The monoisotopic (exact) mass is 277 g/mol. The van der Waals surface area contributed by atoms with Gasteiger partial charge in [-0.05, 0) is 49.2 Å². The first-order chi connectivity index (χ1) is 9.21. The van der Waals surface area contributed by atoms with Crippen molar-refractivity contribution in [1.29, 1.82) is 0 Å². The maximum absolute atomic E-state index is 5.47. The van der Waals surface area contributed by atoms with E-state index < -0.39 is 0 Å². The summed E-state index contributed by atoms with van der Waals surface area (Å²) in [4.78, 5) is 1.31. The molecule has 0 spiro atoms. The molecule has 1 unspecified atom stereocenters. The first-order valence-corrected chi connectivity index (χ1v) is 7.02. The van der Waals surface area contributed by atoms with Crippen LogP contribution in [0.4, 0.5) is 0 Å². The Kier molecular flexibility index (Phi) is 4.45. The van der Waals surface area contributed by atoms with Gasteiger partial charge >= 0.3 is 0 Å². The Hall–Kier alpha value is -1.52. The molecular weight excluding hydrogens is 258 g/mol. The topological polar surface area (TPSA) is 30.5 Å². The zero-order chi connectivity index (χ0) is 13.8. The minimum atomic E-state index is 0.108. The van der Waals surface area contributed by atoms with Crippen LogP contribution in [-0.2, 0) is 0 Å². The number of thiophene rings is 1. The third kappa shape index (κ3) is 2.74. The van der Waals surface area contributed by atoms with Crippen molar-refractivity contribution in [3.05, 3.63) is 45.6 Å². The van der Waals surface area contributed by atoms with Gasteiger partial charge in [0.15, 0.2) is 0 Å². The number of nitrogens with one attached hydrogen (secondary N) is 1. The fraction of sp³-hybridized carbons (Fsp3) is 0.333. The van der Waals surface area contributed by atoms with E-state index in [1.54, 1.807) is 25.6 Å². The summed E-state index contributed by atoms with van der Waals surface area (Å²) in [6, 6.07) is 8.14. The van der Waals surface area contributed by atoms with Crippen LogP contribution in [-0.4, -0.2) is 21.3 Å². The predicted molar refractivity (Wildman–Crippen MR) is 79.5 cm³/mol. The molecule has 0 aliphatic rings. The Morgan fingerprint density at radius 3 is 2.42 bits per heavy atom. The van der Waals surface area contributed by atoms with Crippen molar-refractivity contribution in [1.82, 2.24) is 5.32 Å². The minimum absolute atomic E-state index is 0.108. The fourth-order valence-corrected chi connectivity index (χ4v) is 2.98. The minimum Gasteiger partial charge on any atom is -0.497 e. The molecule has 0 aliphatic carbocycles. The summed E-state index contributed by atoms with van der Waals surface area (Å²) in [7, 11) is 5.33. The van der Waals surface area contributed by atoms with Gasteiger partial charge in [0.2, 0.25) is 0 Å². The molecule has 2 rings (SSSR count). The van der Waals surface area contributed by atoms with Gasteiger partial charge in [-0.15, -0.1) is 11.3 Å². The van der Waals surface area contributed by atoms with E-state index in [4.69, 9.17) is 9.47 Å². The van der Waals surface area contributed by atoms with E-state index in [1.807, 2.05) is 25.2 Å². The van der Waals surface area contributed by atoms with Crippen molar-refractivity contribution < 1.29 is 9.47 Å². The average Bonchev–Trinajstić information content (AvgIpc) is 2.86. The first-order valence-electron chi connectivity index (χ1n) is 6.14. The molecule has 0 amide bonds. The summed E-state index contributed by atoms with van der Waals surface area (Å²) in [5.74, 6) is 1.70. The van der Waals surface area contributed by atoms with E-state index in [2.05, 4.69) is 23.7 Å². The van der Waals surface area contributed by atoms with E-state index in [0.29, 0.717) is 0 Å². The molecule has 102 valence electrons. The van der Waals surface area contributed by atoms with Crippen molar-refractivity contribution in [2.24, 2.45) is 0 Å². The van der Waals surface area contributed by atoms with Crippen molar-refractivity contribution in [2.75, 3.05) is 21.3 Å². The van der Waals surface area contributed by atoms with E-state index in [-0.39, 0.29) is 6.04 Å². The smallest absolute Gasteiger partial charge is 0.124 e. The second kappa shape index (κ2) is 6.08. The van der Waals surface area contributed by atoms with Crippen LogP contribution in [0.2, 0.25) is 0 Å². The molecule has 0 saturated heterocycles. The highest BCUT2D eigenvalue weighted by atomic mass is 32.1. The van der Waals surface area contributed by atoms with Crippen LogP contribution < -0.4 is 14.8 Å². The molecule has 0 radical (unpaired) electrons. The summed E-state index contributed by atoms with van der Waals surface area (Å²) in [5, 5.41) is 5.47. The molecule has 0 saturated carbocycles. The van der Waals surface area contributed by atoms with Gasteiger partial charge in [-0.25, -0.2) is 0 Å². The lowest BCUT2D eigenvalue weighted by Crippen LogP contribution is -2.18. The van der Waals surface area contributed by atoms with Crippen LogP contribution in [0.3, 0.4) is 0 Å². The van der Waals surface area contributed by atoms with Crippen molar-refractivity contribution >= 4 is 11.3 Å². The van der Waals surface area contributed by atoms with Crippen LogP contribution in [0, 0.1) is 6.92 Å². The predicted octanol–water partition coefficient (Wildman–Crippen LogP) is 3.38. The molecule has 1 N–H and O–H groups in total. The summed E-state index contributed by atoms with van der Waals surface area (Å²) in [6.45, 7) is 2.14. The summed E-state index contributed by atoms with van der Waals surface area (Å²) < 4.78 is 10.8. The number of benzene rings is 1. The lowest BCUT2D eigenvalue weighted by atomic mass is 9.98. The Balaban J connectivity index is 2.51. The number of methoxy groups -OCH3 is 2. The Labute approximate surface area is 118 Å². The molecule has 1 atom stereocenters. The zero-order valence-electron chi connectivity index (χ0n) is 11.7. The van der Waals surface area contributed by atoms with Crippen LogP contribution in [0.25, 0.3) is 0 Å². The van der Waals surface area contributed by atoms with Crippen molar-refractivity contribution in [3.63, 3.8) is 0 Å². The summed E-state index contributed by atoms with van der Waals surface area (Å²) in [5.41, 5.74) is 2.37. The number of aryl methyl sites for hydroxylation is 1. The average molecular weight is 277 g/mol. The molecule has 1 aromatic carbocycles. The van der Waals surface area contributed by atoms with Crippen LogP contribution in [0.5, 0.6) is 11.5 Å². The molecule has 1 aromatic heterocycles. The molecule has 1 heterocycles. The van der Waals surface area contributed by atoms with Gasteiger partial charge in [0.25, 0.3) is 0 Å². The molecule has 3 nitrogen and oxygen atoms in total. The number of hydrogen-bond donors (Lipinski definition) is 1. The van der Waals surface area contributed by atoms with Gasteiger partial charge in [-0.3, -0.25) is 0 Å². The first kappa shape index (κ1) is 13.9. The Morgan fingerprint density at radius 2 is 1.89 bits per heavy atom. The van der Waals surface area contributed by atoms with Gasteiger partial charge in [-0.2, -0.15) is 0 Å². The highest BCUT2D eigenvalue weighted by Gasteiger charge is 2.19. The van der Waals surface area contributed by atoms with E-state index in [1.165, 1.54) is 10.4 Å². The molecule has 0 bridgehead atoms. The molecule has 0 aliphatic heterocycles. The second-order valence-electron chi connectivity index (χ2n) is 4.26. The standard InChI is InChI=1S/C15H19NO2S/c1-10-12(7-8-19-10)15(16-2)13-9-11(17-3)5-6-14(13)18-4/h5-9,15-16H,1-4H3. The highest BCUT2D eigenvalue weighted by molar-refractivity contribution is 7.10. The SMILES string of the molecule is CNC(c1cc(OC)ccc1OC)c1ccsc1C. The molecule has 4 heteroatoms. The van der Waals surface area contributed by atoms with Gasteiger partial charge in [-0.1, -0.05) is 0 Å². The fourth-order valence-electron chi connectivity index (χ4n) is 2.24. The Bertz CT molecular complexity index is 551. The second-order valence-corrected chi connectivity index (χ2v) is 5.38. The highest BCUT2D eigenvalue weighted by Crippen LogP contribution is 2.35. The maximum Gasteiger partial charge on any atom is 0.124 e. The van der Waals surface area contributed by atoms with Gasteiger partial charge in [0.05, 0.1) is 20.3 Å². The molecular formula is C15H19NO2S. The lowest BCUT2D eigenvalue weighted by Gasteiger charge is -2.20. The largest absolute Gasteiger partial charge is 0.497 e. The van der Waals surface area contributed by atoms with E-state index >= 15 is 0 Å². The number of hydrogen-bond acceptors (Lipinski definition) is 4. The third-order valence-corrected chi connectivity index (χ3v) is 4.11. The number of ether oxygens (including phenoxy) is 2. The summed E-state index contributed by atoms with van der Waals surface area (Å²) >= 11 is 1.75. The lowest BCUT2D eigenvalue weighted by molar-refractivity contribution is 0.395. The Morgan fingerprint density at radius 1 is 1.11 bits per heavy atom. The van der Waals surface area contributed by atoms with Crippen LogP contribution in [0.15, 0.2) is 29.6 Å². The zero-order valence-corrected chi connectivity index (χ0v) is 12.5. The third-order valence-electron chi connectivity index (χ3n) is 3.25. The summed E-state index contributed by atoms with van der Waals surface area (Å²) in [6.07, 6.45) is 0. The number of rotatable bonds is 5. The normalized spacial score (nSPS) is 12.2. The van der Waals surface area contributed by atoms with E-state index in [9.17, 15) is 0 Å². The van der Waals surface area contributed by atoms with Gasteiger partial charge in [0, 0.05) is 10.4 Å². The maximum atomic E-state index is 5.47. The van der Waals surface area contributed by atoms with Crippen LogP contribution in [0.1, 0.15) is 22.0 Å². The van der Waals surface area contributed by atoms with Crippen molar-refractivity contribution in [3.8, 4) is 11.5 Å². The van der Waals surface area contributed by atoms with Gasteiger partial charge in [0.1, 0.15) is 11.5 Å². The molecule has 2 aromatic rings. The quantitative estimate of drug-likeness (QED) is 0.909.